The molecule has 2 heterocycles. The molecule has 0 radical (unpaired) electrons. The van der Waals surface area contributed by atoms with Crippen LogP contribution in [0.4, 0.5) is 0 Å². The molecule has 1 unspecified atom stereocenters. The summed E-state index contributed by atoms with van der Waals surface area (Å²) in [6, 6.07) is 5.38. The first kappa shape index (κ1) is 11.7. The third-order valence-corrected chi connectivity index (χ3v) is 5.14. The van der Waals surface area contributed by atoms with E-state index in [0.717, 1.165) is 18.5 Å². The highest BCUT2D eigenvalue weighted by Crippen LogP contribution is 2.34. The molecule has 2 aliphatic rings. The Morgan fingerprint density at radius 2 is 2.18 bits per heavy atom. The Bertz CT molecular complexity index is 370. The number of hydrogen-bond acceptors (Lipinski definition) is 3. The molecule has 1 aromatic heterocycles. The maximum absolute atomic E-state index is 3.67. The largest absolute Gasteiger partial charge is 0.311 e. The molecule has 0 spiro atoms. The number of nitrogens with one attached hydrogen (secondary N) is 1. The highest BCUT2D eigenvalue weighted by molar-refractivity contribution is 7.11. The molecule has 1 saturated carbocycles. The van der Waals surface area contributed by atoms with E-state index in [1.807, 2.05) is 11.3 Å². The van der Waals surface area contributed by atoms with Gasteiger partial charge in [-0.25, -0.2) is 0 Å². The molecule has 0 bridgehead atoms. The molecule has 1 aromatic rings. The first-order valence-electron chi connectivity index (χ1n) is 6.88. The Hall–Kier alpha value is -0.380. The molecule has 1 aliphatic carbocycles. The van der Waals surface area contributed by atoms with E-state index in [1.54, 1.807) is 4.88 Å². The van der Waals surface area contributed by atoms with Crippen LogP contribution < -0.4 is 5.32 Å². The minimum Gasteiger partial charge on any atom is -0.311 e. The van der Waals surface area contributed by atoms with Crippen LogP contribution in [0.1, 0.15) is 29.5 Å². The van der Waals surface area contributed by atoms with Gasteiger partial charge in [0.15, 0.2) is 0 Å². The van der Waals surface area contributed by atoms with Crippen LogP contribution in [0.2, 0.25) is 0 Å². The number of nitrogens with zero attached hydrogens (tertiary/aromatic N) is 1. The van der Waals surface area contributed by atoms with Crippen LogP contribution in [0, 0.1) is 5.92 Å². The van der Waals surface area contributed by atoms with Crippen molar-refractivity contribution in [3.05, 3.63) is 21.9 Å². The Balaban J connectivity index is 1.56. The van der Waals surface area contributed by atoms with Crippen molar-refractivity contribution in [3.63, 3.8) is 0 Å². The number of aryl methyl sites for hydroxylation is 1. The van der Waals surface area contributed by atoms with Crippen molar-refractivity contribution in [1.82, 2.24) is 10.2 Å². The first-order chi connectivity index (χ1) is 8.35. The fourth-order valence-electron chi connectivity index (χ4n) is 2.72. The van der Waals surface area contributed by atoms with Gasteiger partial charge >= 0.3 is 0 Å². The zero-order chi connectivity index (χ0) is 11.7. The summed E-state index contributed by atoms with van der Waals surface area (Å²) < 4.78 is 0. The summed E-state index contributed by atoms with van der Waals surface area (Å²) in [5.74, 6) is 0.979. The van der Waals surface area contributed by atoms with E-state index in [0.29, 0.717) is 0 Å². The van der Waals surface area contributed by atoms with Gasteiger partial charge in [0.25, 0.3) is 0 Å². The molecule has 0 aromatic carbocycles. The summed E-state index contributed by atoms with van der Waals surface area (Å²) in [5.41, 5.74) is 0. The quantitative estimate of drug-likeness (QED) is 0.883. The Morgan fingerprint density at radius 1 is 1.35 bits per heavy atom. The summed E-state index contributed by atoms with van der Waals surface area (Å²) in [6.07, 6.45) is 4.08. The van der Waals surface area contributed by atoms with Crippen LogP contribution in [-0.4, -0.2) is 30.6 Å². The van der Waals surface area contributed by atoms with Gasteiger partial charge in [-0.05, 0) is 37.3 Å². The highest BCUT2D eigenvalue weighted by atomic mass is 32.1. The van der Waals surface area contributed by atoms with E-state index >= 15 is 0 Å². The molecule has 3 rings (SSSR count). The van der Waals surface area contributed by atoms with Gasteiger partial charge in [0.05, 0.1) is 0 Å². The minimum absolute atomic E-state index is 0.773. The lowest BCUT2D eigenvalue weighted by Crippen LogP contribution is -2.51. The summed E-state index contributed by atoms with van der Waals surface area (Å²) in [7, 11) is 0. The molecule has 2 nitrogen and oxygen atoms in total. The Morgan fingerprint density at radius 3 is 2.88 bits per heavy atom. The number of hydrogen-bond donors (Lipinski definition) is 1. The van der Waals surface area contributed by atoms with Gasteiger partial charge in [-0.1, -0.05) is 6.92 Å². The maximum atomic E-state index is 3.67. The highest BCUT2D eigenvalue weighted by Gasteiger charge is 2.33. The number of thiophene rings is 1. The van der Waals surface area contributed by atoms with Gasteiger partial charge < -0.3 is 5.32 Å². The van der Waals surface area contributed by atoms with Gasteiger partial charge in [0.1, 0.15) is 0 Å². The monoisotopic (exact) mass is 250 g/mol. The van der Waals surface area contributed by atoms with Crippen molar-refractivity contribution in [2.45, 2.75) is 38.8 Å². The van der Waals surface area contributed by atoms with Gasteiger partial charge in [0.2, 0.25) is 0 Å². The summed E-state index contributed by atoms with van der Waals surface area (Å²) >= 11 is 1.99. The predicted molar refractivity (Wildman–Crippen MR) is 73.5 cm³/mol. The third-order valence-electron chi connectivity index (χ3n) is 3.93. The molecule has 17 heavy (non-hydrogen) atoms. The fraction of sp³-hybridized carbons (Fsp3) is 0.714. The minimum atomic E-state index is 0.773. The molecule has 1 atom stereocenters. The predicted octanol–water partition coefficient (Wildman–Crippen LogP) is 2.49. The van der Waals surface area contributed by atoms with Crippen LogP contribution in [0.25, 0.3) is 0 Å². The Labute approximate surface area is 108 Å². The molecule has 1 N–H and O–H groups in total. The fourth-order valence-corrected chi connectivity index (χ4v) is 3.72. The second-order valence-corrected chi connectivity index (χ2v) is 6.61. The molecule has 1 aliphatic heterocycles. The van der Waals surface area contributed by atoms with E-state index < -0.39 is 0 Å². The van der Waals surface area contributed by atoms with Crippen molar-refractivity contribution in [1.29, 1.82) is 0 Å². The van der Waals surface area contributed by atoms with E-state index in [1.165, 1.54) is 43.8 Å². The second kappa shape index (κ2) is 5.09. The lowest BCUT2D eigenvalue weighted by atomic mass is 10.1. The lowest BCUT2D eigenvalue weighted by molar-refractivity contribution is 0.183. The van der Waals surface area contributed by atoms with Crippen LogP contribution in [-0.2, 0) is 13.0 Å². The average Bonchev–Trinajstić information content (AvgIpc) is 3.11. The van der Waals surface area contributed by atoms with Crippen molar-refractivity contribution >= 4 is 11.3 Å². The SMILES string of the molecule is CCc1ccc(CN2CCNC(C3CC3)C2)s1. The van der Waals surface area contributed by atoms with Crippen molar-refractivity contribution in [2.24, 2.45) is 5.92 Å². The van der Waals surface area contributed by atoms with Crippen LogP contribution >= 0.6 is 11.3 Å². The summed E-state index contributed by atoms with van der Waals surface area (Å²) in [6.45, 7) is 7.04. The number of rotatable bonds is 4. The lowest BCUT2D eigenvalue weighted by Gasteiger charge is -2.33. The topological polar surface area (TPSA) is 15.3 Å². The van der Waals surface area contributed by atoms with Gasteiger partial charge in [0, 0.05) is 42.0 Å². The van der Waals surface area contributed by atoms with Gasteiger partial charge in [-0.15, -0.1) is 11.3 Å². The van der Waals surface area contributed by atoms with Crippen LogP contribution in [0.15, 0.2) is 12.1 Å². The summed E-state index contributed by atoms with van der Waals surface area (Å²) in [5, 5.41) is 3.67. The Kier molecular flexibility index (Phi) is 3.50. The standard InChI is InChI=1S/C14H22N2S/c1-2-12-5-6-13(17-12)9-16-8-7-15-14(10-16)11-3-4-11/h5-6,11,14-15H,2-4,7-10H2,1H3. The van der Waals surface area contributed by atoms with Crippen LogP contribution in [0.5, 0.6) is 0 Å². The van der Waals surface area contributed by atoms with Crippen molar-refractivity contribution in [2.75, 3.05) is 19.6 Å². The molecular weight excluding hydrogens is 228 g/mol. The molecule has 1 saturated heterocycles. The van der Waals surface area contributed by atoms with Crippen LogP contribution in [0.3, 0.4) is 0 Å². The molecule has 2 fully saturated rings. The molecule has 94 valence electrons. The van der Waals surface area contributed by atoms with E-state index in [9.17, 15) is 0 Å². The second-order valence-electron chi connectivity index (χ2n) is 5.35. The van der Waals surface area contributed by atoms with E-state index in [4.69, 9.17) is 0 Å². The zero-order valence-corrected chi connectivity index (χ0v) is 11.4. The van der Waals surface area contributed by atoms with E-state index in [-0.39, 0.29) is 0 Å². The van der Waals surface area contributed by atoms with Crippen molar-refractivity contribution in [3.8, 4) is 0 Å². The summed E-state index contributed by atoms with van der Waals surface area (Å²) in [4.78, 5) is 5.69. The average molecular weight is 250 g/mol. The van der Waals surface area contributed by atoms with Crippen molar-refractivity contribution < 1.29 is 0 Å². The van der Waals surface area contributed by atoms with Gasteiger partial charge in [-0.3, -0.25) is 4.90 Å². The van der Waals surface area contributed by atoms with Gasteiger partial charge in [-0.2, -0.15) is 0 Å². The maximum Gasteiger partial charge on any atom is 0.0329 e. The molecular formula is C14H22N2S. The zero-order valence-electron chi connectivity index (χ0n) is 10.6. The molecule has 0 amide bonds. The molecule has 3 heteroatoms. The van der Waals surface area contributed by atoms with E-state index in [2.05, 4.69) is 29.3 Å². The first-order valence-corrected chi connectivity index (χ1v) is 7.70. The third kappa shape index (κ3) is 2.90. The normalized spacial score (nSPS) is 26.3. The smallest absolute Gasteiger partial charge is 0.0329 e. The number of piperazine rings is 1.